The molecule has 0 aliphatic rings. The lowest BCUT2D eigenvalue weighted by atomic mass is 10.1. The van der Waals surface area contributed by atoms with E-state index < -0.39 is 0 Å². The average Bonchev–Trinajstić information content (AvgIpc) is 2.59. The highest BCUT2D eigenvalue weighted by Gasteiger charge is 2.09. The summed E-state index contributed by atoms with van der Waals surface area (Å²) in [5, 5.41) is 7.97. The SMILES string of the molecule is CCc1cc(CNCC(Cl)C(C)C)n(C)n1. The van der Waals surface area contributed by atoms with E-state index in [1.54, 1.807) is 0 Å². The molecule has 1 aromatic rings. The van der Waals surface area contributed by atoms with Crippen LogP contribution < -0.4 is 5.32 Å². The molecule has 0 amide bonds. The number of nitrogens with zero attached hydrogens (tertiary/aromatic N) is 2. The lowest BCUT2D eigenvalue weighted by Gasteiger charge is -2.13. The quantitative estimate of drug-likeness (QED) is 0.778. The molecule has 1 aromatic heterocycles. The monoisotopic (exact) mass is 243 g/mol. The Hall–Kier alpha value is -0.540. The fourth-order valence-corrected chi connectivity index (χ4v) is 1.59. The molecule has 0 aliphatic heterocycles. The molecule has 0 fully saturated rings. The summed E-state index contributed by atoms with van der Waals surface area (Å²) < 4.78 is 1.93. The van der Waals surface area contributed by atoms with E-state index >= 15 is 0 Å². The fraction of sp³-hybridized carbons (Fsp3) is 0.750. The molecule has 0 saturated heterocycles. The third kappa shape index (κ3) is 3.80. The molecule has 1 rings (SSSR count). The third-order valence-electron chi connectivity index (χ3n) is 2.76. The minimum Gasteiger partial charge on any atom is -0.310 e. The molecule has 0 aliphatic carbocycles. The van der Waals surface area contributed by atoms with Gasteiger partial charge in [0.2, 0.25) is 0 Å². The van der Waals surface area contributed by atoms with E-state index in [2.05, 4.69) is 37.3 Å². The van der Waals surface area contributed by atoms with Crippen LogP contribution in [-0.4, -0.2) is 21.7 Å². The van der Waals surface area contributed by atoms with Gasteiger partial charge in [-0.2, -0.15) is 5.10 Å². The molecule has 4 heteroatoms. The molecule has 1 unspecified atom stereocenters. The van der Waals surface area contributed by atoms with Crippen LogP contribution in [0.15, 0.2) is 6.07 Å². The van der Waals surface area contributed by atoms with Gasteiger partial charge in [-0.25, -0.2) is 0 Å². The lowest BCUT2D eigenvalue weighted by Crippen LogP contribution is -2.27. The number of hydrogen-bond donors (Lipinski definition) is 1. The Balaban J connectivity index is 2.39. The first kappa shape index (κ1) is 13.5. The highest BCUT2D eigenvalue weighted by Crippen LogP contribution is 2.08. The summed E-state index contributed by atoms with van der Waals surface area (Å²) in [6, 6.07) is 2.14. The highest BCUT2D eigenvalue weighted by molar-refractivity contribution is 6.20. The maximum atomic E-state index is 6.17. The maximum Gasteiger partial charge on any atom is 0.0625 e. The molecule has 0 spiro atoms. The van der Waals surface area contributed by atoms with Gasteiger partial charge < -0.3 is 5.32 Å². The van der Waals surface area contributed by atoms with Crippen molar-refractivity contribution in [1.82, 2.24) is 15.1 Å². The summed E-state index contributed by atoms with van der Waals surface area (Å²) in [4.78, 5) is 0. The molecule has 0 bridgehead atoms. The van der Waals surface area contributed by atoms with E-state index in [0.29, 0.717) is 5.92 Å². The summed E-state index contributed by atoms with van der Waals surface area (Å²) in [5.74, 6) is 0.506. The molecule has 3 nitrogen and oxygen atoms in total. The molecule has 1 atom stereocenters. The second kappa shape index (κ2) is 6.26. The largest absolute Gasteiger partial charge is 0.310 e. The van der Waals surface area contributed by atoms with Crippen molar-refractivity contribution in [3.8, 4) is 0 Å². The third-order valence-corrected chi connectivity index (χ3v) is 3.42. The standard InChI is InChI=1S/C12H22ClN3/c1-5-10-6-11(16(4)15-10)7-14-8-12(13)9(2)3/h6,9,12,14H,5,7-8H2,1-4H3. The summed E-state index contributed by atoms with van der Waals surface area (Å²) in [6.45, 7) is 8.07. The molecule has 1 N–H and O–H groups in total. The highest BCUT2D eigenvalue weighted by atomic mass is 35.5. The molecule has 1 heterocycles. The van der Waals surface area contributed by atoms with E-state index in [9.17, 15) is 0 Å². The predicted octanol–water partition coefficient (Wildman–Crippen LogP) is 2.34. The van der Waals surface area contributed by atoms with E-state index in [1.165, 1.54) is 5.69 Å². The summed E-state index contributed by atoms with van der Waals surface area (Å²) >= 11 is 6.17. The summed E-state index contributed by atoms with van der Waals surface area (Å²) in [7, 11) is 1.98. The van der Waals surface area contributed by atoms with Crippen molar-refractivity contribution in [2.24, 2.45) is 13.0 Å². The topological polar surface area (TPSA) is 29.9 Å². The summed E-state index contributed by atoms with van der Waals surface area (Å²) in [6.07, 6.45) is 0.984. The van der Waals surface area contributed by atoms with E-state index in [0.717, 1.165) is 25.2 Å². The van der Waals surface area contributed by atoms with E-state index in [1.807, 2.05) is 11.7 Å². The predicted molar refractivity (Wildman–Crippen MR) is 68.8 cm³/mol. The number of alkyl halides is 1. The summed E-state index contributed by atoms with van der Waals surface area (Å²) in [5.41, 5.74) is 2.36. The average molecular weight is 244 g/mol. The van der Waals surface area contributed by atoms with Gasteiger partial charge in [-0.15, -0.1) is 11.6 Å². The first-order chi connectivity index (χ1) is 7.54. The zero-order valence-electron chi connectivity index (χ0n) is 10.6. The van der Waals surface area contributed by atoms with Crippen LogP contribution in [0.2, 0.25) is 0 Å². The first-order valence-corrected chi connectivity index (χ1v) is 6.34. The molecule has 0 aromatic carbocycles. The lowest BCUT2D eigenvalue weighted by molar-refractivity contribution is 0.535. The molecule has 0 radical (unpaired) electrons. The van der Waals surface area contributed by atoms with Crippen molar-refractivity contribution < 1.29 is 0 Å². The zero-order chi connectivity index (χ0) is 12.1. The Bertz CT molecular complexity index is 320. The second-order valence-electron chi connectivity index (χ2n) is 4.50. The Morgan fingerprint density at radius 3 is 2.69 bits per heavy atom. The van der Waals surface area contributed by atoms with Crippen LogP contribution in [0.1, 0.15) is 32.2 Å². The van der Waals surface area contributed by atoms with Crippen LogP contribution in [-0.2, 0) is 20.0 Å². The van der Waals surface area contributed by atoms with Crippen LogP contribution in [0.3, 0.4) is 0 Å². The van der Waals surface area contributed by atoms with Crippen LogP contribution >= 0.6 is 11.6 Å². The molecule has 92 valence electrons. The molecule has 16 heavy (non-hydrogen) atoms. The number of nitrogens with one attached hydrogen (secondary N) is 1. The number of aromatic nitrogens is 2. The van der Waals surface area contributed by atoms with Gasteiger partial charge in [-0.05, 0) is 18.4 Å². The normalized spacial score (nSPS) is 13.4. The van der Waals surface area contributed by atoms with Gasteiger partial charge in [0.15, 0.2) is 0 Å². The van der Waals surface area contributed by atoms with Crippen molar-refractivity contribution in [1.29, 1.82) is 0 Å². The van der Waals surface area contributed by atoms with Crippen molar-refractivity contribution >= 4 is 11.6 Å². The van der Waals surface area contributed by atoms with Crippen LogP contribution in [0.5, 0.6) is 0 Å². The smallest absolute Gasteiger partial charge is 0.0625 e. The van der Waals surface area contributed by atoms with Crippen molar-refractivity contribution in [2.75, 3.05) is 6.54 Å². The van der Waals surface area contributed by atoms with Crippen molar-refractivity contribution in [3.63, 3.8) is 0 Å². The Kier molecular flexibility index (Phi) is 5.29. The number of hydrogen-bond acceptors (Lipinski definition) is 2. The van der Waals surface area contributed by atoms with Gasteiger partial charge in [0.05, 0.1) is 11.4 Å². The van der Waals surface area contributed by atoms with Crippen LogP contribution in [0.25, 0.3) is 0 Å². The number of rotatable bonds is 6. The van der Waals surface area contributed by atoms with Crippen molar-refractivity contribution in [3.05, 3.63) is 17.5 Å². The van der Waals surface area contributed by atoms with E-state index in [4.69, 9.17) is 11.6 Å². The zero-order valence-corrected chi connectivity index (χ0v) is 11.4. The maximum absolute atomic E-state index is 6.17. The van der Waals surface area contributed by atoms with Gasteiger partial charge >= 0.3 is 0 Å². The second-order valence-corrected chi connectivity index (χ2v) is 5.06. The Labute approximate surface area is 103 Å². The van der Waals surface area contributed by atoms with Crippen molar-refractivity contribution in [2.45, 2.75) is 39.1 Å². The van der Waals surface area contributed by atoms with Crippen LogP contribution in [0, 0.1) is 5.92 Å². The van der Waals surface area contributed by atoms with Gasteiger partial charge in [-0.1, -0.05) is 20.8 Å². The van der Waals surface area contributed by atoms with E-state index in [-0.39, 0.29) is 5.38 Å². The Morgan fingerprint density at radius 1 is 1.50 bits per heavy atom. The minimum absolute atomic E-state index is 0.193. The first-order valence-electron chi connectivity index (χ1n) is 5.91. The Morgan fingerprint density at radius 2 is 2.19 bits per heavy atom. The van der Waals surface area contributed by atoms with Gasteiger partial charge in [-0.3, -0.25) is 4.68 Å². The number of halogens is 1. The fourth-order valence-electron chi connectivity index (χ4n) is 1.48. The molecular formula is C12H22ClN3. The van der Waals surface area contributed by atoms with Gasteiger partial charge in [0.1, 0.15) is 0 Å². The number of aryl methyl sites for hydroxylation is 2. The van der Waals surface area contributed by atoms with Gasteiger partial charge in [0, 0.05) is 25.5 Å². The van der Waals surface area contributed by atoms with Crippen LogP contribution in [0.4, 0.5) is 0 Å². The molecule has 0 saturated carbocycles. The minimum atomic E-state index is 0.193. The van der Waals surface area contributed by atoms with Gasteiger partial charge in [0.25, 0.3) is 0 Å². The molecular weight excluding hydrogens is 222 g/mol.